The molecule has 1 aromatic rings. The van der Waals surface area contributed by atoms with E-state index < -0.39 is 21.9 Å². The Balaban J connectivity index is 2.08. The summed E-state index contributed by atoms with van der Waals surface area (Å²) in [6.07, 6.45) is 1.63. The number of carboxylic acid groups (broad SMARTS) is 1. The van der Waals surface area contributed by atoms with E-state index in [4.69, 9.17) is 9.84 Å². The van der Waals surface area contributed by atoms with Crippen LogP contribution in [0.4, 0.5) is 5.13 Å². The summed E-state index contributed by atoms with van der Waals surface area (Å²) in [7, 11) is -1.87. The maximum absolute atomic E-state index is 11.8. The third-order valence-corrected chi connectivity index (χ3v) is 5.71. The zero-order valence-electron chi connectivity index (χ0n) is 10.9. The van der Waals surface area contributed by atoms with Gasteiger partial charge in [-0.3, -0.25) is 9.52 Å². The monoisotopic (exact) mass is 320 g/mol. The Bertz CT molecular complexity index is 579. The van der Waals surface area contributed by atoms with Gasteiger partial charge in [-0.2, -0.15) is 0 Å². The first-order chi connectivity index (χ1) is 9.44. The lowest BCUT2D eigenvalue weighted by atomic mass is 10.0. The van der Waals surface area contributed by atoms with Crippen LogP contribution in [-0.4, -0.2) is 43.4 Å². The van der Waals surface area contributed by atoms with Crippen LogP contribution in [0.15, 0.2) is 5.38 Å². The smallest absolute Gasteiger partial charge is 0.312 e. The van der Waals surface area contributed by atoms with E-state index >= 15 is 0 Å². The fourth-order valence-electron chi connectivity index (χ4n) is 1.71. The molecule has 0 radical (unpaired) electrons. The van der Waals surface area contributed by atoms with Crippen LogP contribution in [0.5, 0.6) is 0 Å². The highest BCUT2D eigenvalue weighted by molar-refractivity contribution is 7.93. The summed E-state index contributed by atoms with van der Waals surface area (Å²) in [6, 6.07) is 0. The van der Waals surface area contributed by atoms with Crippen molar-refractivity contribution in [3.05, 3.63) is 11.1 Å². The number of aromatic nitrogens is 1. The van der Waals surface area contributed by atoms with Gasteiger partial charge in [-0.05, 0) is 19.3 Å². The van der Waals surface area contributed by atoms with Gasteiger partial charge in [0.15, 0.2) is 5.13 Å². The molecule has 7 nitrogen and oxygen atoms in total. The van der Waals surface area contributed by atoms with Crippen molar-refractivity contribution in [1.82, 2.24) is 4.98 Å². The summed E-state index contributed by atoms with van der Waals surface area (Å²) in [5.74, 6) is -1.78. The molecule has 9 heteroatoms. The Labute approximate surface area is 121 Å². The summed E-state index contributed by atoms with van der Waals surface area (Å²) in [6.45, 7) is 0.303. The Morgan fingerprint density at radius 3 is 2.90 bits per heavy atom. The number of nitrogens with one attached hydrogen (secondary N) is 1. The van der Waals surface area contributed by atoms with Crippen LogP contribution in [0.2, 0.25) is 0 Å². The number of thiazole rings is 1. The van der Waals surface area contributed by atoms with Gasteiger partial charge < -0.3 is 9.84 Å². The quantitative estimate of drug-likeness (QED) is 0.747. The second-order valence-electron chi connectivity index (χ2n) is 4.60. The maximum Gasteiger partial charge on any atom is 0.312 e. The predicted molar refractivity (Wildman–Crippen MR) is 74.5 cm³/mol. The van der Waals surface area contributed by atoms with E-state index in [0.29, 0.717) is 31.6 Å². The number of methoxy groups -OCH3 is 1. The van der Waals surface area contributed by atoms with E-state index in [-0.39, 0.29) is 10.4 Å². The van der Waals surface area contributed by atoms with E-state index in [9.17, 15) is 13.2 Å². The van der Waals surface area contributed by atoms with E-state index in [1.807, 2.05) is 0 Å². The molecule has 1 aromatic heterocycles. The van der Waals surface area contributed by atoms with Gasteiger partial charge in [0.2, 0.25) is 10.0 Å². The number of nitrogens with zero attached hydrogens (tertiary/aromatic N) is 1. The molecule has 1 fully saturated rings. The number of hydrogen-bond donors (Lipinski definition) is 2. The highest BCUT2D eigenvalue weighted by atomic mass is 32.2. The summed E-state index contributed by atoms with van der Waals surface area (Å²) in [5.41, 5.74) is 0.355. The number of ether oxygens (including phenoxy) is 1. The number of carbonyl (C=O) groups is 1. The van der Waals surface area contributed by atoms with Gasteiger partial charge >= 0.3 is 5.97 Å². The third-order valence-electron chi connectivity index (χ3n) is 2.98. The first-order valence-corrected chi connectivity index (χ1v) is 8.55. The van der Waals surface area contributed by atoms with Crippen molar-refractivity contribution in [2.24, 2.45) is 0 Å². The minimum Gasteiger partial charge on any atom is -0.481 e. The van der Waals surface area contributed by atoms with Gasteiger partial charge in [-0.15, -0.1) is 11.3 Å². The zero-order chi connectivity index (χ0) is 14.8. The average Bonchev–Trinajstić information content (AvgIpc) is 3.13. The molecule has 2 rings (SSSR count). The minimum atomic E-state index is -3.36. The maximum atomic E-state index is 11.8. The highest BCUT2D eigenvalue weighted by Crippen LogP contribution is 2.31. The van der Waals surface area contributed by atoms with Crippen LogP contribution in [0.1, 0.15) is 30.9 Å². The lowest BCUT2D eigenvalue weighted by molar-refractivity contribution is -0.139. The molecule has 0 spiro atoms. The highest BCUT2D eigenvalue weighted by Gasteiger charge is 2.36. The first-order valence-electron chi connectivity index (χ1n) is 6.13. The summed E-state index contributed by atoms with van der Waals surface area (Å²) in [4.78, 5) is 15.3. The van der Waals surface area contributed by atoms with Crippen molar-refractivity contribution in [1.29, 1.82) is 0 Å². The molecule has 1 saturated carbocycles. The molecule has 1 atom stereocenters. The molecule has 0 amide bonds. The summed E-state index contributed by atoms with van der Waals surface area (Å²) in [5, 5.41) is 10.6. The molecule has 0 aliphatic heterocycles. The standard InChI is InChI=1S/C11H16N2O5S2/c1-18-5-4-8(10(14)15)9-6-19-11(12-9)13-20(16,17)7-2-3-7/h6-8H,2-5H2,1H3,(H,12,13)(H,14,15). The fourth-order valence-corrected chi connectivity index (χ4v) is 4.07. The van der Waals surface area contributed by atoms with E-state index in [1.54, 1.807) is 5.38 Å². The molecule has 112 valence electrons. The molecular formula is C11H16N2O5S2. The Hall–Kier alpha value is -1.19. The SMILES string of the molecule is COCCC(C(=O)O)c1csc(NS(=O)(=O)C2CC2)n1. The first kappa shape index (κ1) is 15.2. The van der Waals surface area contributed by atoms with Crippen molar-refractivity contribution in [3.63, 3.8) is 0 Å². The van der Waals surface area contributed by atoms with Crippen molar-refractivity contribution >= 4 is 32.5 Å². The molecule has 0 aromatic carbocycles. The van der Waals surface area contributed by atoms with Crippen LogP contribution in [-0.2, 0) is 19.6 Å². The van der Waals surface area contributed by atoms with Crippen molar-refractivity contribution < 1.29 is 23.1 Å². The van der Waals surface area contributed by atoms with Crippen molar-refractivity contribution in [3.8, 4) is 0 Å². The van der Waals surface area contributed by atoms with Gasteiger partial charge in [-0.1, -0.05) is 0 Å². The number of hydrogen-bond acceptors (Lipinski definition) is 6. The van der Waals surface area contributed by atoms with E-state index in [1.165, 1.54) is 7.11 Å². The molecule has 1 aliphatic carbocycles. The van der Waals surface area contributed by atoms with Crippen molar-refractivity contribution in [2.45, 2.75) is 30.4 Å². The van der Waals surface area contributed by atoms with Gasteiger partial charge in [-0.25, -0.2) is 13.4 Å². The summed E-state index contributed by atoms with van der Waals surface area (Å²) >= 11 is 1.10. The average molecular weight is 320 g/mol. The number of anilines is 1. The lowest BCUT2D eigenvalue weighted by Crippen LogP contribution is -2.18. The normalized spacial score (nSPS) is 16.9. The molecule has 1 heterocycles. The van der Waals surface area contributed by atoms with E-state index in [0.717, 1.165) is 11.3 Å². The van der Waals surface area contributed by atoms with Gasteiger partial charge in [0, 0.05) is 19.1 Å². The Morgan fingerprint density at radius 1 is 1.65 bits per heavy atom. The molecule has 0 bridgehead atoms. The lowest BCUT2D eigenvalue weighted by Gasteiger charge is -2.08. The van der Waals surface area contributed by atoms with Gasteiger partial charge in [0.1, 0.15) is 5.92 Å². The molecular weight excluding hydrogens is 304 g/mol. The number of rotatable bonds is 8. The van der Waals surface area contributed by atoms with Crippen LogP contribution < -0.4 is 4.72 Å². The molecule has 20 heavy (non-hydrogen) atoms. The van der Waals surface area contributed by atoms with Crippen LogP contribution >= 0.6 is 11.3 Å². The van der Waals surface area contributed by atoms with Crippen LogP contribution in [0.3, 0.4) is 0 Å². The molecule has 1 aliphatic rings. The molecule has 1 unspecified atom stereocenters. The van der Waals surface area contributed by atoms with Crippen LogP contribution in [0.25, 0.3) is 0 Å². The topological polar surface area (TPSA) is 106 Å². The second-order valence-corrected chi connectivity index (χ2v) is 7.42. The largest absolute Gasteiger partial charge is 0.481 e. The van der Waals surface area contributed by atoms with Crippen molar-refractivity contribution in [2.75, 3.05) is 18.4 Å². The number of carboxylic acids is 1. The predicted octanol–water partition coefficient (Wildman–Crippen LogP) is 1.25. The Kier molecular flexibility index (Phi) is 4.61. The zero-order valence-corrected chi connectivity index (χ0v) is 12.5. The van der Waals surface area contributed by atoms with Crippen LogP contribution in [0, 0.1) is 0 Å². The van der Waals surface area contributed by atoms with Gasteiger partial charge in [0.05, 0.1) is 10.9 Å². The van der Waals surface area contributed by atoms with E-state index in [2.05, 4.69) is 9.71 Å². The molecule has 2 N–H and O–H groups in total. The third kappa shape index (κ3) is 3.68. The fraction of sp³-hybridized carbons (Fsp3) is 0.636. The van der Waals surface area contributed by atoms with Gasteiger partial charge in [0.25, 0.3) is 0 Å². The second kappa shape index (κ2) is 6.06. The number of aliphatic carboxylic acids is 1. The Morgan fingerprint density at radius 2 is 2.35 bits per heavy atom. The molecule has 0 saturated heterocycles. The number of sulfonamides is 1. The summed E-state index contributed by atoms with van der Waals surface area (Å²) < 4.78 is 30.8. The minimum absolute atomic E-state index is 0.218.